The van der Waals surface area contributed by atoms with E-state index < -0.39 is 0 Å². The molecule has 0 saturated heterocycles. The molecule has 0 aromatic rings. The van der Waals surface area contributed by atoms with Gasteiger partial charge in [-0.1, -0.05) is 37.8 Å². The van der Waals surface area contributed by atoms with Crippen molar-refractivity contribution in [3.8, 4) is 0 Å². The Hall–Kier alpha value is -1.18. The molecule has 0 bridgehead atoms. The predicted molar refractivity (Wildman–Crippen MR) is 50.6 cm³/mol. The molecule has 0 aromatic heterocycles. The molecule has 1 aliphatic heterocycles. The van der Waals surface area contributed by atoms with E-state index in [9.17, 15) is 0 Å². The first-order valence-corrected chi connectivity index (χ1v) is 4.38. The van der Waals surface area contributed by atoms with Gasteiger partial charge >= 0.3 is 0 Å². The largest absolute Gasteiger partial charge is 0.495 e. The van der Waals surface area contributed by atoms with Crippen LogP contribution in [0, 0.1) is 0 Å². The zero-order valence-corrected chi connectivity index (χ0v) is 7.16. The maximum absolute atomic E-state index is 8.74. The molecule has 0 atom stereocenters. The average molecular weight is 165 g/mol. The Morgan fingerprint density at radius 2 is 1.67 bits per heavy atom. The minimum Gasteiger partial charge on any atom is -0.495 e. The number of allylic oxidation sites excluding steroid dienone is 4. The van der Waals surface area contributed by atoms with Crippen LogP contribution < -0.4 is 5.32 Å². The summed E-state index contributed by atoms with van der Waals surface area (Å²) < 4.78 is 0. The van der Waals surface area contributed by atoms with Crippen LogP contribution in [0.1, 0.15) is 25.7 Å². The summed E-state index contributed by atoms with van der Waals surface area (Å²) in [5.41, 5.74) is 0. The number of nitrogens with one attached hydrogen (secondary N) is 1. The third kappa shape index (κ3) is 3.86. The highest BCUT2D eigenvalue weighted by molar-refractivity contribution is 5.17. The van der Waals surface area contributed by atoms with Crippen LogP contribution in [-0.4, -0.2) is 5.11 Å². The molecule has 2 N–H and O–H groups in total. The first-order chi connectivity index (χ1) is 5.89. The van der Waals surface area contributed by atoms with E-state index in [1.165, 1.54) is 25.7 Å². The van der Waals surface area contributed by atoms with Crippen molar-refractivity contribution in [2.24, 2.45) is 0 Å². The second-order valence-corrected chi connectivity index (χ2v) is 2.85. The van der Waals surface area contributed by atoms with Crippen LogP contribution in [0.4, 0.5) is 0 Å². The molecule has 0 spiro atoms. The van der Waals surface area contributed by atoms with Gasteiger partial charge in [0, 0.05) is 6.20 Å². The summed E-state index contributed by atoms with van der Waals surface area (Å²) in [6, 6.07) is 0. The third-order valence-electron chi connectivity index (χ3n) is 1.80. The first-order valence-electron chi connectivity index (χ1n) is 4.38. The minimum absolute atomic E-state index is 0.176. The monoisotopic (exact) mass is 165 g/mol. The Kier molecular flexibility index (Phi) is 4.06. The first kappa shape index (κ1) is 8.91. The van der Waals surface area contributed by atoms with Gasteiger partial charge in [0.05, 0.1) is 0 Å². The van der Waals surface area contributed by atoms with Gasteiger partial charge in [-0.2, -0.15) is 0 Å². The fourth-order valence-electron chi connectivity index (χ4n) is 0.698. The molecule has 12 heavy (non-hydrogen) atoms. The van der Waals surface area contributed by atoms with Crippen molar-refractivity contribution in [1.29, 1.82) is 0 Å². The van der Waals surface area contributed by atoms with Crippen molar-refractivity contribution in [2.75, 3.05) is 0 Å². The second kappa shape index (κ2) is 5.47. The van der Waals surface area contributed by atoms with Gasteiger partial charge in [-0.05, 0) is 12.2 Å². The van der Waals surface area contributed by atoms with E-state index in [0.29, 0.717) is 0 Å². The fourth-order valence-corrected chi connectivity index (χ4v) is 0.698. The molecule has 1 heterocycles. The topological polar surface area (TPSA) is 32.3 Å². The molecule has 2 nitrogen and oxygen atoms in total. The van der Waals surface area contributed by atoms with E-state index in [0.717, 1.165) is 0 Å². The van der Waals surface area contributed by atoms with E-state index in [-0.39, 0.29) is 5.88 Å². The van der Waals surface area contributed by atoms with Crippen LogP contribution in [0.3, 0.4) is 0 Å². The van der Waals surface area contributed by atoms with Gasteiger partial charge in [-0.25, -0.2) is 0 Å². The Morgan fingerprint density at radius 3 is 2.25 bits per heavy atom. The number of hydrogen-bond donors (Lipinski definition) is 2. The van der Waals surface area contributed by atoms with E-state index >= 15 is 0 Å². The Morgan fingerprint density at radius 1 is 1.00 bits per heavy atom. The van der Waals surface area contributed by atoms with Gasteiger partial charge in [-0.3, -0.25) is 0 Å². The molecule has 0 radical (unpaired) electrons. The lowest BCUT2D eigenvalue weighted by atomic mass is 10.0. The summed E-state index contributed by atoms with van der Waals surface area (Å²) >= 11 is 0. The summed E-state index contributed by atoms with van der Waals surface area (Å²) in [4.78, 5) is 0. The Bertz CT molecular complexity index is 196. The smallest absolute Gasteiger partial charge is 0.188 e. The van der Waals surface area contributed by atoms with Crippen molar-refractivity contribution >= 4 is 0 Å². The summed E-state index contributed by atoms with van der Waals surface area (Å²) in [5, 5.41) is 11.4. The highest BCUT2D eigenvalue weighted by atomic mass is 16.3. The Labute approximate surface area is 73.3 Å². The molecule has 0 unspecified atom stereocenters. The maximum atomic E-state index is 8.74. The second-order valence-electron chi connectivity index (χ2n) is 2.85. The van der Waals surface area contributed by atoms with E-state index in [2.05, 4.69) is 5.32 Å². The number of aliphatic hydroxyl groups is 1. The Balaban J connectivity index is 0.000000150. The van der Waals surface area contributed by atoms with Gasteiger partial charge in [0.2, 0.25) is 0 Å². The van der Waals surface area contributed by atoms with Crippen molar-refractivity contribution in [3.05, 3.63) is 36.4 Å². The quantitative estimate of drug-likeness (QED) is 0.578. The van der Waals surface area contributed by atoms with E-state index in [4.69, 9.17) is 5.11 Å². The average Bonchev–Trinajstić information content (AvgIpc) is 2.12. The summed E-state index contributed by atoms with van der Waals surface area (Å²) in [6.07, 6.45) is 14.6. The minimum atomic E-state index is 0.176. The van der Waals surface area contributed by atoms with Gasteiger partial charge < -0.3 is 10.4 Å². The molecule has 0 aromatic carbocycles. The molecule has 1 saturated carbocycles. The van der Waals surface area contributed by atoms with E-state index in [1.54, 1.807) is 24.4 Å². The summed E-state index contributed by atoms with van der Waals surface area (Å²) in [6.45, 7) is 0. The molecule has 2 heteroatoms. The summed E-state index contributed by atoms with van der Waals surface area (Å²) in [5.74, 6) is 0.176. The lowest BCUT2D eigenvalue weighted by Gasteiger charge is -2.05. The number of hydrogen-bond acceptors (Lipinski definition) is 2. The van der Waals surface area contributed by atoms with Gasteiger partial charge in [-0.15, -0.1) is 0 Å². The van der Waals surface area contributed by atoms with Crippen LogP contribution in [0.25, 0.3) is 0 Å². The molecule has 2 rings (SSSR count). The summed E-state index contributed by atoms with van der Waals surface area (Å²) in [7, 11) is 0. The highest BCUT2D eigenvalue weighted by Crippen LogP contribution is 2.15. The maximum Gasteiger partial charge on any atom is 0.188 e. The zero-order valence-electron chi connectivity index (χ0n) is 7.16. The van der Waals surface area contributed by atoms with Gasteiger partial charge in [0.25, 0.3) is 0 Å². The molecule has 1 aliphatic carbocycles. The van der Waals surface area contributed by atoms with Crippen LogP contribution in [-0.2, 0) is 0 Å². The van der Waals surface area contributed by atoms with Crippen LogP contribution in [0.15, 0.2) is 36.4 Å². The number of aliphatic hydroxyl groups excluding tert-OH is 1. The molecular formula is C10H15NO. The van der Waals surface area contributed by atoms with Crippen molar-refractivity contribution in [2.45, 2.75) is 25.7 Å². The molecule has 66 valence electrons. The molecule has 0 amide bonds. The van der Waals surface area contributed by atoms with Crippen LogP contribution in [0.2, 0.25) is 0 Å². The molecule has 1 fully saturated rings. The fraction of sp³-hybridized carbons (Fsp3) is 0.400. The third-order valence-corrected chi connectivity index (χ3v) is 1.80. The van der Waals surface area contributed by atoms with Crippen molar-refractivity contribution in [1.82, 2.24) is 5.32 Å². The standard InChI is InChI=1S/C6H7NO.C4H8/c8-6-4-2-1-3-5-7-6;1-2-4-3-1/h1-5,7-8H;1-4H2. The SMILES string of the molecule is C1CCC1.OC1=CC=CC=CN1. The predicted octanol–water partition coefficient (Wildman–Crippen LogP) is 2.62. The highest BCUT2D eigenvalue weighted by Gasteiger charge is 1.95. The molecular weight excluding hydrogens is 150 g/mol. The van der Waals surface area contributed by atoms with Crippen molar-refractivity contribution < 1.29 is 5.11 Å². The van der Waals surface area contributed by atoms with Gasteiger partial charge in [0.15, 0.2) is 5.88 Å². The lowest BCUT2D eigenvalue weighted by molar-refractivity contribution is 0.383. The zero-order chi connectivity index (χ0) is 8.65. The van der Waals surface area contributed by atoms with Crippen LogP contribution >= 0.6 is 0 Å². The number of rotatable bonds is 0. The molecule has 2 aliphatic rings. The van der Waals surface area contributed by atoms with E-state index in [1.807, 2.05) is 6.08 Å². The lowest BCUT2D eigenvalue weighted by Crippen LogP contribution is -2.01. The van der Waals surface area contributed by atoms with Crippen molar-refractivity contribution in [3.63, 3.8) is 0 Å². The van der Waals surface area contributed by atoms with Crippen LogP contribution in [0.5, 0.6) is 0 Å². The normalized spacial score (nSPS) is 19.2. The van der Waals surface area contributed by atoms with Gasteiger partial charge in [0.1, 0.15) is 0 Å².